The molecule has 37 heavy (non-hydrogen) atoms. The monoisotopic (exact) mass is 534 g/mol. The molecule has 0 aliphatic heterocycles. The van der Waals surface area contributed by atoms with Crippen LogP contribution in [0.2, 0.25) is 10.0 Å². The zero-order valence-electron chi connectivity index (χ0n) is 20.7. The summed E-state index contributed by atoms with van der Waals surface area (Å²) in [6, 6.07) is 21.5. The molecule has 7 heteroatoms. The number of carboxylic acid groups (broad SMARTS) is 1. The first-order valence-electron chi connectivity index (χ1n) is 12.1. The van der Waals surface area contributed by atoms with E-state index in [0.717, 1.165) is 46.1 Å². The normalized spacial score (nSPS) is 12.1. The Labute approximate surface area is 227 Å². The second-order valence-corrected chi connectivity index (χ2v) is 9.59. The summed E-state index contributed by atoms with van der Waals surface area (Å²) < 4.78 is 7.76. The van der Waals surface area contributed by atoms with Crippen molar-refractivity contribution >= 4 is 41.3 Å². The van der Waals surface area contributed by atoms with Gasteiger partial charge < -0.3 is 14.4 Å². The molecule has 1 heterocycles. The standard InChI is InChI=1S/C30H28Cl2N2O3/c1-3-34-19-28(26-14-11-24(31)18-27(26)32)33-29(34)15-6-21-4-7-22(8-5-21)23-9-12-25(13-10-23)37-17-16-20(2)30(35)36/h4-15,18-20H,3,16-17H2,1-2H3,(H,35,36)/b15-6+. The van der Waals surface area contributed by atoms with Crippen LogP contribution in [0, 0.1) is 5.92 Å². The molecule has 1 N–H and O–H groups in total. The zero-order chi connectivity index (χ0) is 26.4. The van der Waals surface area contributed by atoms with Crippen molar-refractivity contribution in [2.45, 2.75) is 26.8 Å². The number of rotatable bonds is 10. The van der Waals surface area contributed by atoms with Gasteiger partial charge in [-0.25, -0.2) is 4.98 Å². The van der Waals surface area contributed by atoms with Crippen molar-refractivity contribution in [2.24, 2.45) is 5.92 Å². The fraction of sp³-hybridized carbons (Fsp3) is 0.200. The lowest BCUT2D eigenvalue weighted by molar-refractivity contribution is -0.141. The molecule has 190 valence electrons. The van der Waals surface area contributed by atoms with Gasteiger partial charge in [-0.05, 0) is 66.4 Å². The van der Waals surface area contributed by atoms with Gasteiger partial charge in [0.15, 0.2) is 0 Å². The van der Waals surface area contributed by atoms with Crippen molar-refractivity contribution in [3.8, 4) is 28.1 Å². The number of hydrogen-bond donors (Lipinski definition) is 1. The molecule has 0 bridgehead atoms. The molecule has 1 aromatic heterocycles. The summed E-state index contributed by atoms with van der Waals surface area (Å²) in [5.41, 5.74) is 4.89. The zero-order valence-corrected chi connectivity index (χ0v) is 22.2. The van der Waals surface area contributed by atoms with Crippen LogP contribution in [-0.4, -0.2) is 27.2 Å². The minimum Gasteiger partial charge on any atom is -0.494 e. The molecule has 0 fully saturated rings. The quantitative estimate of drug-likeness (QED) is 0.222. The van der Waals surface area contributed by atoms with Crippen LogP contribution in [0.5, 0.6) is 5.75 Å². The highest BCUT2D eigenvalue weighted by Gasteiger charge is 2.11. The molecule has 1 unspecified atom stereocenters. The van der Waals surface area contributed by atoms with Crippen LogP contribution in [0.3, 0.4) is 0 Å². The molecule has 0 aliphatic carbocycles. The highest BCUT2D eigenvalue weighted by atomic mass is 35.5. The van der Waals surface area contributed by atoms with Crippen LogP contribution < -0.4 is 4.74 Å². The molecular weight excluding hydrogens is 507 g/mol. The van der Waals surface area contributed by atoms with Gasteiger partial charge in [-0.3, -0.25) is 4.79 Å². The Morgan fingerprint density at radius 2 is 1.70 bits per heavy atom. The van der Waals surface area contributed by atoms with Crippen LogP contribution in [0.15, 0.2) is 72.9 Å². The van der Waals surface area contributed by atoms with Crippen LogP contribution in [0.4, 0.5) is 0 Å². The minimum atomic E-state index is -0.805. The molecule has 0 saturated carbocycles. The highest BCUT2D eigenvalue weighted by Crippen LogP contribution is 2.30. The van der Waals surface area contributed by atoms with Crippen molar-refractivity contribution in [2.75, 3.05) is 6.61 Å². The van der Waals surface area contributed by atoms with E-state index < -0.39 is 11.9 Å². The maximum atomic E-state index is 10.9. The van der Waals surface area contributed by atoms with Crippen molar-refractivity contribution in [1.82, 2.24) is 9.55 Å². The Hall–Kier alpha value is -3.54. The summed E-state index contributed by atoms with van der Waals surface area (Å²) >= 11 is 12.4. The second-order valence-electron chi connectivity index (χ2n) is 8.75. The van der Waals surface area contributed by atoms with Crippen LogP contribution in [0.1, 0.15) is 31.7 Å². The predicted octanol–water partition coefficient (Wildman–Crippen LogP) is 8.20. The molecule has 4 aromatic rings. The van der Waals surface area contributed by atoms with E-state index in [9.17, 15) is 4.79 Å². The number of carboxylic acids is 1. The lowest BCUT2D eigenvalue weighted by Crippen LogP contribution is -2.13. The van der Waals surface area contributed by atoms with Gasteiger partial charge in [0.1, 0.15) is 11.6 Å². The fourth-order valence-electron chi connectivity index (χ4n) is 3.82. The topological polar surface area (TPSA) is 64.4 Å². The van der Waals surface area contributed by atoms with Gasteiger partial charge in [-0.15, -0.1) is 0 Å². The van der Waals surface area contributed by atoms with Gasteiger partial charge >= 0.3 is 5.97 Å². The van der Waals surface area contributed by atoms with Gasteiger partial charge in [-0.2, -0.15) is 0 Å². The van der Waals surface area contributed by atoms with E-state index in [0.29, 0.717) is 23.1 Å². The molecule has 1 atom stereocenters. The average molecular weight is 535 g/mol. The Morgan fingerprint density at radius 1 is 1.03 bits per heavy atom. The van der Waals surface area contributed by atoms with Gasteiger partial charge in [0.2, 0.25) is 0 Å². The summed E-state index contributed by atoms with van der Waals surface area (Å²) in [6.07, 6.45) is 6.52. The Bertz CT molecular complexity index is 1390. The summed E-state index contributed by atoms with van der Waals surface area (Å²) in [5, 5.41) is 10.1. The SMILES string of the molecule is CCn1cc(-c2ccc(Cl)cc2Cl)nc1/C=C/c1ccc(-c2ccc(OCCC(C)C(=O)O)cc2)cc1. The molecule has 3 aromatic carbocycles. The third-order valence-electron chi connectivity index (χ3n) is 6.12. The second kappa shape index (κ2) is 12.1. The van der Waals surface area contributed by atoms with E-state index in [1.807, 2.05) is 54.7 Å². The van der Waals surface area contributed by atoms with Crippen molar-refractivity contribution in [3.05, 3.63) is 94.4 Å². The van der Waals surface area contributed by atoms with E-state index in [1.54, 1.807) is 13.0 Å². The third-order valence-corrected chi connectivity index (χ3v) is 6.67. The van der Waals surface area contributed by atoms with Crippen molar-refractivity contribution in [3.63, 3.8) is 0 Å². The molecule has 0 radical (unpaired) electrons. The van der Waals surface area contributed by atoms with E-state index >= 15 is 0 Å². The van der Waals surface area contributed by atoms with Gasteiger partial charge in [0, 0.05) is 23.3 Å². The third kappa shape index (κ3) is 6.82. The number of carbonyl (C=O) groups is 1. The number of aryl methyl sites for hydroxylation is 1. The number of aliphatic carboxylic acids is 1. The number of aromatic nitrogens is 2. The van der Waals surface area contributed by atoms with Gasteiger partial charge in [-0.1, -0.05) is 72.6 Å². The van der Waals surface area contributed by atoms with Crippen LogP contribution in [0.25, 0.3) is 34.5 Å². The lowest BCUT2D eigenvalue weighted by atomic mass is 10.0. The summed E-state index contributed by atoms with van der Waals surface area (Å²) in [4.78, 5) is 15.7. The van der Waals surface area contributed by atoms with Crippen LogP contribution >= 0.6 is 23.2 Å². The summed E-state index contributed by atoms with van der Waals surface area (Å²) in [6.45, 7) is 4.92. The number of benzene rings is 3. The number of nitrogens with zero attached hydrogens (tertiary/aromatic N) is 2. The largest absolute Gasteiger partial charge is 0.494 e. The molecule has 0 amide bonds. The van der Waals surface area contributed by atoms with Crippen LogP contribution in [-0.2, 0) is 11.3 Å². The average Bonchev–Trinajstić information content (AvgIpc) is 3.31. The molecule has 0 saturated heterocycles. The molecule has 4 rings (SSSR count). The van der Waals surface area contributed by atoms with E-state index in [2.05, 4.69) is 35.8 Å². The summed E-state index contributed by atoms with van der Waals surface area (Å²) in [7, 11) is 0. The first kappa shape index (κ1) is 26.5. The Kier molecular flexibility index (Phi) is 8.70. The molecule has 0 spiro atoms. The van der Waals surface area contributed by atoms with Gasteiger partial charge in [0.05, 0.1) is 23.2 Å². The van der Waals surface area contributed by atoms with Crippen molar-refractivity contribution in [1.29, 1.82) is 0 Å². The molecule has 0 aliphatic rings. The number of imidazole rings is 1. The van der Waals surface area contributed by atoms with E-state index in [-0.39, 0.29) is 0 Å². The molecular formula is C30H28Cl2N2O3. The predicted molar refractivity (Wildman–Crippen MR) is 151 cm³/mol. The minimum absolute atomic E-state index is 0.373. The van der Waals surface area contributed by atoms with E-state index in [1.165, 1.54) is 0 Å². The smallest absolute Gasteiger partial charge is 0.306 e. The lowest BCUT2D eigenvalue weighted by Gasteiger charge is -2.09. The highest BCUT2D eigenvalue weighted by molar-refractivity contribution is 6.36. The summed E-state index contributed by atoms with van der Waals surface area (Å²) in [5.74, 6) is 0.353. The maximum Gasteiger partial charge on any atom is 0.306 e. The maximum absolute atomic E-state index is 10.9. The van der Waals surface area contributed by atoms with Crippen molar-refractivity contribution < 1.29 is 14.6 Å². The molecule has 5 nitrogen and oxygen atoms in total. The first-order chi connectivity index (χ1) is 17.8. The fourth-order valence-corrected chi connectivity index (χ4v) is 4.33. The van der Waals surface area contributed by atoms with E-state index in [4.69, 9.17) is 38.0 Å². The Morgan fingerprint density at radius 3 is 2.32 bits per heavy atom. The first-order valence-corrected chi connectivity index (χ1v) is 12.9. The van der Waals surface area contributed by atoms with Gasteiger partial charge in [0.25, 0.3) is 0 Å². The number of hydrogen-bond acceptors (Lipinski definition) is 3. The Balaban J connectivity index is 1.42. The number of ether oxygens (including phenoxy) is 1. The number of halogens is 2.